The lowest BCUT2D eigenvalue weighted by atomic mass is 9.96. The lowest BCUT2D eigenvalue weighted by Crippen LogP contribution is -2.32. The molecule has 0 radical (unpaired) electrons. The normalized spacial score (nSPS) is 11.0. The highest BCUT2D eigenvalue weighted by atomic mass is 35.5. The van der Waals surface area contributed by atoms with Gasteiger partial charge in [-0.15, -0.1) is 0 Å². The van der Waals surface area contributed by atoms with Gasteiger partial charge < -0.3 is 20.4 Å². The largest absolute Gasteiger partial charge is 0.400 e. The molecule has 0 saturated carbocycles. The predicted octanol–water partition coefficient (Wildman–Crippen LogP) is 3.53. The van der Waals surface area contributed by atoms with Gasteiger partial charge in [-0.2, -0.15) is 0 Å². The summed E-state index contributed by atoms with van der Waals surface area (Å²) >= 11 is 5.94. The molecular weight excluding hydrogens is 392 g/mol. The summed E-state index contributed by atoms with van der Waals surface area (Å²) in [7, 11) is 2.58. The van der Waals surface area contributed by atoms with E-state index >= 15 is 0 Å². The van der Waals surface area contributed by atoms with Gasteiger partial charge in [-0.3, -0.25) is 9.59 Å². The van der Waals surface area contributed by atoms with E-state index in [0.717, 1.165) is 12.7 Å². The minimum atomic E-state index is -0.220. The fourth-order valence-electron chi connectivity index (χ4n) is 1.99. The Bertz CT molecular complexity index is 720. The molecular formula is C22H31ClN2O4. The van der Waals surface area contributed by atoms with Crippen LogP contribution in [0.4, 0.5) is 0 Å². The van der Waals surface area contributed by atoms with E-state index in [9.17, 15) is 9.59 Å². The van der Waals surface area contributed by atoms with Crippen molar-refractivity contribution in [2.45, 2.75) is 26.9 Å². The molecule has 1 aromatic carbocycles. The Morgan fingerprint density at radius 2 is 1.69 bits per heavy atom. The third-order valence-corrected chi connectivity index (χ3v) is 3.43. The molecule has 3 N–H and O–H groups in total. The second-order valence-electron chi connectivity index (χ2n) is 5.73. The Morgan fingerprint density at radius 3 is 2.03 bits per heavy atom. The standard InChI is InChI=1S/C18H19ClN2O2.C3H8O.CH4O/c1-5-7-14(6-2)17(15-8-10-16(19)11-9-15)18(20-12-22)21(4)13(3)23;1-3(2)4;1-2/h5-12H,1-2H2,3-4H3,(H,20,22);3-4H,1-2H3;2H,1H3/b14-7+,18-17+;;. The van der Waals surface area contributed by atoms with Crippen LogP contribution in [-0.2, 0) is 9.59 Å². The van der Waals surface area contributed by atoms with E-state index in [2.05, 4.69) is 18.5 Å². The monoisotopic (exact) mass is 422 g/mol. The zero-order valence-corrected chi connectivity index (χ0v) is 18.4. The van der Waals surface area contributed by atoms with Gasteiger partial charge in [0.05, 0.1) is 0 Å². The Morgan fingerprint density at radius 1 is 1.21 bits per heavy atom. The minimum absolute atomic E-state index is 0.167. The minimum Gasteiger partial charge on any atom is -0.400 e. The second-order valence-corrected chi connectivity index (χ2v) is 6.16. The maximum absolute atomic E-state index is 11.8. The van der Waals surface area contributed by atoms with Crippen LogP contribution in [0.25, 0.3) is 5.57 Å². The Hall–Kier alpha value is -2.67. The van der Waals surface area contributed by atoms with Crippen molar-refractivity contribution in [1.82, 2.24) is 10.2 Å². The highest BCUT2D eigenvalue weighted by Crippen LogP contribution is 2.29. The van der Waals surface area contributed by atoms with Gasteiger partial charge >= 0.3 is 0 Å². The summed E-state index contributed by atoms with van der Waals surface area (Å²) in [6.45, 7) is 12.3. The summed E-state index contributed by atoms with van der Waals surface area (Å²) in [5, 5.41) is 18.2. The molecule has 0 aliphatic rings. The van der Waals surface area contributed by atoms with Gasteiger partial charge in [-0.1, -0.05) is 55.1 Å². The molecule has 0 bridgehead atoms. The summed E-state index contributed by atoms with van der Waals surface area (Å²) in [6, 6.07) is 7.08. The molecule has 1 rings (SSSR count). The molecule has 0 aromatic heterocycles. The van der Waals surface area contributed by atoms with Crippen LogP contribution < -0.4 is 5.32 Å². The van der Waals surface area contributed by atoms with Crippen molar-refractivity contribution in [2.75, 3.05) is 14.2 Å². The van der Waals surface area contributed by atoms with Gasteiger partial charge in [0.1, 0.15) is 5.82 Å². The molecule has 160 valence electrons. The first-order chi connectivity index (χ1) is 13.7. The van der Waals surface area contributed by atoms with Crippen molar-refractivity contribution in [3.8, 4) is 0 Å². The van der Waals surface area contributed by atoms with Crippen molar-refractivity contribution in [3.05, 3.63) is 77.6 Å². The van der Waals surface area contributed by atoms with Crippen LogP contribution in [-0.4, -0.2) is 47.7 Å². The van der Waals surface area contributed by atoms with Crippen LogP contribution in [0.2, 0.25) is 5.02 Å². The summed E-state index contributed by atoms with van der Waals surface area (Å²) in [5.41, 5.74) is 2.13. The quantitative estimate of drug-likeness (QED) is 0.463. The molecule has 0 spiro atoms. The van der Waals surface area contributed by atoms with E-state index in [-0.39, 0.29) is 12.0 Å². The lowest BCUT2D eigenvalue weighted by molar-refractivity contribution is -0.126. The number of hydrogen-bond acceptors (Lipinski definition) is 4. The number of nitrogens with one attached hydrogen (secondary N) is 1. The Balaban J connectivity index is 0. The number of carbonyl (C=O) groups excluding carboxylic acids is 2. The van der Waals surface area contributed by atoms with Crippen LogP contribution in [0, 0.1) is 0 Å². The fourth-order valence-corrected chi connectivity index (χ4v) is 2.11. The number of allylic oxidation sites excluding steroid dienone is 5. The van der Waals surface area contributed by atoms with E-state index < -0.39 is 0 Å². The van der Waals surface area contributed by atoms with E-state index in [1.165, 1.54) is 11.8 Å². The molecule has 0 fully saturated rings. The molecule has 1 aromatic rings. The van der Waals surface area contributed by atoms with Gasteiger partial charge in [0, 0.05) is 37.8 Å². The van der Waals surface area contributed by atoms with Gasteiger partial charge in [0.25, 0.3) is 0 Å². The number of aliphatic hydroxyl groups excluding tert-OH is 2. The predicted molar refractivity (Wildman–Crippen MR) is 120 cm³/mol. The van der Waals surface area contributed by atoms with Crippen LogP contribution >= 0.6 is 11.6 Å². The van der Waals surface area contributed by atoms with E-state index in [4.69, 9.17) is 21.8 Å². The average molecular weight is 423 g/mol. The molecule has 0 aliphatic carbocycles. The third-order valence-electron chi connectivity index (χ3n) is 3.18. The number of rotatable bonds is 7. The average Bonchev–Trinajstić information content (AvgIpc) is 2.68. The Kier molecular flexibility index (Phi) is 16.0. The summed E-state index contributed by atoms with van der Waals surface area (Å²) in [5.74, 6) is 0.130. The summed E-state index contributed by atoms with van der Waals surface area (Å²) in [6.07, 6.45) is 5.35. The molecule has 0 atom stereocenters. The smallest absolute Gasteiger partial charge is 0.224 e. The molecule has 0 unspecified atom stereocenters. The van der Waals surface area contributed by atoms with Crippen molar-refractivity contribution < 1.29 is 19.8 Å². The zero-order chi connectivity index (χ0) is 23.0. The molecule has 6 nitrogen and oxygen atoms in total. The maximum atomic E-state index is 11.8. The van der Waals surface area contributed by atoms with Gasteiger partial charge in [0.2, 0.25) is 12.3 Å². The molecule has 2 amide bonds. The van der Waals surface area contributed by atoms with E-state index in [0.29, 0.717) is 28.4 Å². The van der Waals surface area contributed by atoms with Crippen molar-refractivity contribution in [3.63, 3.8) is 0 Å². The van der Waals surface area contributed by atoms with Crippen molar-refractivity contribution in [2.24, 2.45) is 0 Å². The van der Waals surface area contributed by atoms with Crippen LogP contribution in [0.1, 0.15) is 26.3 Å². The first kappa shape index (κ1) is 28.5. The van der Waals surface area contributed by atoms with Crippen LogP contribution in [0.15, 0.2) is 67.0 Å². The lowest BCUT2D eigenvalue weighted by Gasteiger charge is -2.23. The summed E-state index contributed by atoms with van der Waals surface area (Å²) < 4.78 is 0. The van der Waals surface area contributed by atoms with Crippen molar-refractivity contribution in [1.29, 1.82) is 0 Å². The fraction of sp³-hybridized carbons (Fsp3) is 0.273. The maximum Gasteiger partial charge on any atom is 0.224 e. The van der Waals surface area contributed by atoms with E-state index in [1.807, 2.05) is 0 Å². The number of benzene rings is 1. The van der Waals surface area contributed by atoms with Crippen LogP contribution in [0.5, 0.6) is 0 Å². The van der Waals surface area contributed by atoms with Gasteiger partial charge in [-0.05, 0) is 37.1 Å². The summed E-state index contributed by atoms with van der Waals surface area (Å²) in [4.78, 5) is 24.2. The second kappa shape index (κ2) is 16.3. The first-order valence-corrected chi connectivity index (χ1v) is 9.10. The number of carbonyl (C=O) groups is 2. The molecule has 0 aliphatic heterocycles. The molecule has 29 heavy (non-hydrogen) atoms. The third kappa shape index (κ3) is 11.0. The highest BCUT2D eigenvalue weighted by molar-refractivity contribution is 6.30. The van der Waals surface area contributed by atoms with Crippen molar-refractivity contribution >= 4 is 29.5 Å². The van der Waals surface area contributed by atoms with Gasteiger partial charge in [0.15, 0.2) is 0 Å². The Labute approximate surface area is 178 Å². The van der Waals surface area contributed by atoms with E-state index in [1.54, 1.807) is 63.4 Å². The van der Waals surface area contributed by atoms with Crippen LogP contribution in [0.3, 0.4) is 0 Å². The number of aliphatic hydroxyl groups is 2. The number of hydrogen-bond donors (Lipinski definition) is 3. The number of halogens is 1. The molecule has 0 saturated heterocycles. The molecule has 7 heteroatoms. The topological polar surface area (TPSA) is 89.9 Å². The zero-order valence-electron chi connectivity index (χ0n) is 17.6. The SMILES string of the molecule is C=C/C=C(C=C)/C(=C(/NC=O)N(C)C(C)=O)c1ccc(Cl)cc1.CC(C)O.CO. The molecule has 0 heterocycles. The number of amides is 2. The number of nitrogens with zero attached hydrogens (tertiary/aromatic N) is 1. The van der Waals surface area contributed by atoms with Gasteiger partial charge in [-0.25, -0.2) is 0 Å². The first-order valence-electron chi connectivity index (χ1n) is 8.72. The highest BCUT2D eigenvalue weighted by Gasteiger charge is 2.18.